The molecule has 38 heavy (non-hydrogen) atoms. The highest BCUT2D eigenvalue weighted by atomic mass is 16.5. The van der Waals surface area contributed by atoms with E-state index in [0.29, 0.717) is 13.2 Å². The molecule has 0 heterocycles. The fourth-order valence-corrected chi connectivity index (χ4v) is 4.31. The van der Waals surface area contributed by atoms with E-state index >= 15 is 0 Å². The minimum Gasteiger partial charge on any atom is -0.463 e. The molecule has 0 N–H and O–H groups in total. The quantitative estimate of drug-likeness (QED) is 0.0764. The van der Waals surface area contributed by atoms with Gasteiger partial charge in [0, 0.05) is 12.2 Å². The SMILES string of the molecule is CCCCCCCCCCCOC(=O)/C=C/c1ccc(/C=C/C(=O)OCCCCCCCCCCC)cc1. The molecule has 0 saturated heterocycles. The van der Waals surface area contributed by atoms with Gasteiger partial charge >= 0.3 is 11.9 Å². The molecule has 0 unspecified atom stereocenters. The van der Waals surface area contributed by atoms with Crippen LogP contribution < -0.4 is 0 Å². The monoisotopic (exact) mass is 526 g/mol. The summed E-state index contributed by atoms with van der Waals surface area (Å²) in [6.45, 7) is 5.45. The van der Waals surface area contributed by atoms with Gasteiger partial charge in [-0.05, 0) is 36.1 Å². The number of carbonyl (C=O) groups excluding carboxylic acids is 2. The summed E-state index contributed by atoms with van der Waals surface area (Å²) < 4.78 is 10.6. The Hall–Kier alpha value is -2.36. The molecule has 214 valence electrons. The number of esters is 2. The molecular formula is C34H54O4. The van der Waals surface area contributed by atoms with E-state index in [4.69, 9.17) is 9.47 Å². The lowest BCUT2D eigenvalue weighted by Crippen LogP contribution is -2.02. The summed E-state index contributed by atoms with van der Waals surface area (Å²) in [5.41, 5.74) is 1.82. The van der Waals surface area contributed by atoms with Crippen molar-refractivity contribution in [1.29, 1.82) is 0 Å². The largest absolute Gasteiger partial charge is 0.463 e. The van der Waals surface area contributed by atoms with Crippen LogP contribution in [0, 0.1) is 0 Å². The van der Waals surface area contributed by atoms with Gasteiger partial charge in [0.15, 0.2) is 0 Å². The van der Waals surface area contributed by atoms with Crippen molar-refractivity contribution in [2.75, 3.05) is 13.2 Å². The zero-order chi connectivity index (χ0) is 27.5. The number of hydrogen-bond acceptors (Lipinski definition) is 4. The molecule has 4 nitrogen and oxygen atoms in total. The van der Waals surface area contributed by atoms with Crippen LogP contribution in [0.4, 0.5) is 0 Å². The zero-order valence-corrected chi connectivity index (χ0v) is 24.4. The number of benzene rings is 1. The number of rotatable bonds is 24. The van der Waals surface area contributed by atoms with Crippen molar-refractivity contribution in [3.8, 4) is 0 Å². The summed E-state index contributed by atoms with van der Waals surface area (Å²) >= 11 is 0. The second-order valence-electron chi connectivity index (χ2n) is 10.3. The van der Waals surface area contributed by atoms with Gasteiger partial charge < -0.3 is 9.47 Å². The van der Waals surface area contributed by atoms with Crippen LogP contribution in [-0.4, -0.2) is 25.2 Å². The fraction of sp³-hybridized carbons (Fsp3) is 0.647. The highest BCUT2D eigenvalue weighted by Crippen LogP contribution is 2.12. The fourth-order valence-electron chi connectivity index (χ4n) is 4.31. The first kappa shape index (κ1) is 33.7. The van der Waals surface area contributed by atoms with Crippen molar-refractivity contribution >= 4 is 24.1 Å². The molecule has 1 rings (SSSR count). The summed E-state index contributed by atoms with van der Waals surface area (Å²) in [7, 11) is 0. The van der Waals surface area contributed by atoms with Crippen LogP contribution in [0.1, 0.15) is 141 Å². The maximum atomic E-state index is 11.9. The van der Waals surface area contributed by atoms with Crippen LogP contribution in [-0.2, 0) is 19.1 Å². The standard InChI is InChI=1S/C34H54O4/c1-3-5-7-9-11-13-15-17-19-29-37-33(35)27-25-31-21-23-32(24-22-31)26-28-34(36)38-30-20-18-16-14-12-10-8-6-4-2/h21-28H,3-20,29-30H2,1-2H3/b27-25+,28-26+. The summed E-state index contributed by atoms with van der Waals surface area (Å²) in [6, 6.07) is 7.66. The minimum absolute atomic E-state index is 0.303. The second kappa shape index (κ2) is 24.9. The molecule has 0 atom stereocenters. The predicted molar refractivity (Wildman–Crippen MR) is 161 cm³/mol. The van der Waals surface area contributed by atoms with Gasteiger partial charge in [0.25, 0.3) is 0 Å². The summed E-state index contributed by atoms with van der Waals surface area (Å²) in [5.74, 6) is -0.605. The molecule has 1 aromatic rings. The summed E-state index contributed by atoms with van der Waals surface area (Å²) in [6.07, 6.45) is 28.9. The van der Waals surface area contributed by atoms with Crippen molar-refractivity contribution in [3.05, 3.63) is 47.5 Å². The van der Waals surface area contributed by atoms with Gasteiger partial charge in [0.05, 0.1) is 13.2 Å². The molecular weight excluding hydrogens is 472 g/mol. The van der Waals surface area contributed by atoms with Crippen LogP contribution in [0.2, 0.25) is 0 Å². The van der Waals surface area contributed by atoms with Crippen molar-refractivity contribution in [2.24, 2.45) is 0 Å². The van der Waals surface area contributed by atoms with E-state index in [2.05, 4.69) is 13.8 Å². The first-order valence-electron chi connectivity index (χ1n) is 15.5. The predicted octanol–water partition coefficient (Wildman–Crippen LogP) is 9.86. The van der Waals surface area contributed by atoms with Crippen molar-refractivity contribution < 1.29 is 19.1 Å². The molecule has 0 radical (unpaired) electrons. The Balaban J connectivity index is 2.10. The Morgan fingerprint density at radius 1 is 0.500 bits per heavy atom. The Kier molecular flexibility index (Phi) is 22.1. The van der Waals surface area contributed by atoms with E-state index in [1.807, 2.05) is 24.3 Å². The van der Waals surface area contributed by atoms with Gasteiger partial charge in [0.2, 0.25) is 0 Å². The Morgan fingerprint density at radius 3 is 1.11 bits per heavy atom. The Morgan fingerprint density at radius 2 is 0.789 bits per heavy atom. The minimum atomic E-state index is -0.303. The van der Waals surface area contributed by atoms with Gasteiger partial charge in [-0.3, -0.25) is 0 Å². The number of carbonyl (C=O) groups is 2. The Bertz CT molecular complexity index is 698. The van der Waals surface area contributed by atoms with Gasteiger partial charge in [-0.15, -0.1) is 0 Å². The molecule has 0 aliphatic heterocycles. The van der Waals surface area contributed by atoms with Gasteiger partial charge in [-0.2, -0.15) is 0 Å². The lowest BCUT2D eigenvalue weighted by Gasteiger charge is -2.03. The van der Waals surface area contributed by atoms with Crippen LogP contribution in [0.25, 0.3) is 12.2 Å². The van der Waals surface area contributed by atoms with E-state index in [9.17, 15) is 9.59 Å². The van der Waals surface area contributed by atoms with Gasteiger partial charge in [-0.25, -0.2) is 9.59 Å². The smallest absolute Gasteiger partial charge is 0.330 e. The number of hydrogen-bond donors (Lipinski definition) is 0. The lowest BCUT2D eigenvalue weighted by molar-refractivity contribution is -0.138. The normalized spacial score (nSPS) is 11.4. The molecule has 0 aromatic heterocycles. The van der Waals surface area contributed by atoms with Crippen LogP contribution in [0.3, 0.4) is 0 Å². The van der Waals surface area contributed by atoms with Crippen molar-refractivity contribution in [3.63, 3.8) is 0 Å². The van der Waals surface area contributed by atoms with Crippen molar-refractivity contribution in [2.45, 2.75) is 129 Å². The average molecular weight is 527 g/mol. The van der Waals surface area contributed by atoms with Gasteiger partial charge in [0.1, 0.15) is 0 Å². The molecule has 0 amide bonds. The molecule has 0 bridgehead atoms. The molecule has 4 heteroatoms. The van der Waals surface area contributed by atoms with E-state index in [1.165, 1.54) is 102 Å². The van der Waals surface area contributed by atoms with Crippen LogP contribution in [0.5, 0.6) is 0 Å². The lowest BCUT2D eigenvalue weighted by atomic mass is 10.1. The highest BCUT2D eigenvalue weighted by molar-refractivity contribution is 5.88. The van der Waals surface area contributed by atoms with E-state index in [1.54, 1.807) is 12.2 Å². The maximum Gasteiger partial charge on any atom is 0.330 e. The Labute approximate surface area is 233 Å². The van der Waals surface area contributed by atoms with E-state index < -0.39 is 0 Å². The van der Waals surface area contributed by atoms with Gasteiger partial charge in [-0.1, -0.05) is 141 Å². The average Bonchev–Trinajstić information content (AvgIpc) is 2.93. The van der Waals surface area contributed by atoms with Crippen molar-refractivity contribution in [1.82, 2.24) is 0 Å². The molecule has 0 spiro atoms. The molecule has 0 saturated carbocycles. The second-order valence-corrected chi connectivity index (χ2v) is 10.3. The molecule has 0 aliphatic rings. The molecule has 1 aromatic carbocycles. The highest BCUT2D eigenvalue weighted by Gasteiger charge is 2.00. The third-order valence-electron chi connectivity index (χ3n) is 6.74. The third kappa shape index (κ3) is 20.7. The first-order chi connectivity index (χ1) is 18.7. The maximum absolute atomic E-state index is 11.9. The summed E-state index contributed by atoms with van der Waals surface area (Å²) in [4.78, 5) is 23.9. The molecule has 0 fully saturated rings. The van der Waals surface area contributed by atoms with E-state index in [-0.39, 0.29) is 11.9 Å². The topological polar surface area (TPSA) is 52.6 Å². The molecule has 0 aliphatic carbocycles. The van der Waals surface area contributed by atoms with Crippen LogP contribution >= 0.6 is 0 Å². The number of ether oxygens (including phenoxy) is 2. The van der Waals surface area contributed by atoms with E-state index in [0.717, 1.165) is 36.8 Å². The van der Waals surface area contributed by atoms with Crippen LogP contribution in [0.15, 0.2) is 36.4 Å². The first-order valence-corrected chi connectivity index (χ1v) is 15.5. The third-order valence-corrected chi connectivity index (χ3v) is 6.74. The summed E-state index contributed by atoms with van der Waals surface area (Å²) in [5, 5.41) is 0. The zero-order valence-electron chi connectivity index (χ0n) is 24.4. The number of unbranched alkanes of at least 4 members (excludes halogenated alkanes) is 16.